The molecule has 7 heteroatoms. The summed E-state index contributed by atoms with van der Waals surface area (Å²) in [5, 5.41) is 0. The van der Waals surface area contributed by atoms with Gasteiger partial charge >= 0.3 is 0 Å². The SMILES string of the molecule is Fc1c(F)c(F)c(OC2CCN(c3ccccc3)CC2)c(F)c1F. The van der Waals surface area contributed by atoms with Crippen LogP contribution in [0.3, 0.4) is 0 Å². The maximum absolute atomic E-state index is 13.6. The fourth-order valence-electron chi connectivity index (χ4n) is 2.73. The number of para-hydroxylation sites is 1. The van der Waals surface area contributed by atoms with E-state index in [-0.39, 0.29) is 0 Å². The molecule has 0 saturated carbocycles. The lowest BCUT2D eigenvalue weighted by Crippen LogP contribution is -2.38. The zero-order valence-electron chi connectivity index (χ0n) is 12.5. The molecule has 24 heavy (non-hydrogen) atoms. The minimum atomic E-state index is -2.18. The van der Waals surface area contributed by atoms with Crippen LogP contribution in [0.15, 0.2) is 30.3 Å². The van der Waals surface area contributed by atoms with E-state index in [4.69, 9.17) is 4.74 Å². The Labute approximate surface area is 135 Å². The van der Waals surface area contributed by atoms with Crippen molar-refractivity contribution in [3.8, 4) is 5.75 Å². The second kappa shape index (κ2) is 6.67. The van der Waals surface area contributed by atoms with Crippen LogP contribution in [-0.2, 0) is 0 Å². The van der Waals surface area contributed by atoms with Crippen LogP contribution in [0.4, 0.5) is 27.6 Å². The Morgan fingerprint density at radius 1 is 0.750 bits per heavy atom. The number of anilines is 1. The van der Waals surface area contributed by atoms with Gasteiger partial charge in [-0.1, -0.05) is 18.2 Å². The van der Waals surface area contributed by atoms with Gasteiger partial charge in [0, 0.05) is 31.6 Å². The molecule has 0 radical (unpaired) electrons. The minimum absolute atomic E-state index is 0.411. The van der Waals surface area contributed by atoms with Gasteiger partial charge in [0.05, 0.1) is 0 Å². The first kappa shape index (κ1) is 16.5. The quantitative estimate of drug-likeness (QED) is 0.464. The van der Waals surface area contributed by atoms with Crippen molar-refractivity contribution in [3.05, 3.63) is 59.4 Å². The van der Waals surface area contributed by atoms with Crippen LogP contribution in [0.25, 0.3) is 0 Å². The molecule has 1 heterocycles. The average Bonchev–Trinajstić information content (AvgIpc) is 2.63. The lowest BCUT2D eigenvalue weighted by Gasteiger charge is -2.33. The van der Waals surface area contributed by atoms with E-state index >= 15 is 0 Å². The number of halogens is 5. The maximum Gasteiger partial charge on any atom is 0.207 e. The number of nitrogens with zero attached hydrogens (tertiary/aromatic N) is 1. The van der Waals surface area contributed by atoms with E-state index in [1.807, 2.05) is 30.3 Å². The van der Waals surface area contributed by atoms with Gasteiger partial charge in [-0.3, -0.25) is 0 Å². The molecule has 3 rings (SSSR count). The predicted octanol–water partition coefficient (Wildman–Crippen LogP) is 4.43. The number of rotatable bonds is 3. The van der Waals surface area contributed by atoms with Crippen molar-refractivity contribution >= 4 is 5.69 Å². The van der Waals surface area contributed by atoms with Crippen LogP contribution in [0.1, 0.15) is 12.8 Å². The van der Waals surface area contributed by atoms with E-state index in [1.165, 1.54) is 0 Å². The summed E-state index contributed by atoms with van der Waals surface area (Å²) in [6.45, 7) is 1.12. The van der Waals surface area contributed by atoms with Gasteiger partial charge in [0.25, 0.3) is 0 Å². The molecule has 1 aliphatic heterocycles. The van der Waals surface area contributed by atoms with E-state index in [2.05, 4.69) is 4.90 Å². The van der Waals surface area contributed by atoms with Crippen molar-refractivity contribution in [3.63, 3.8) is 0 Å². The predicted molar refractivity (Wildman–Crippen MR) is 78.5 cm³/mol. The van der Waals surface area contributed by atoms with Gasteiger partial charge < -0.3 is 9.64 Å². The standard InChI is InChI=1S/C17H14F5NO/c18-12-13(19)15(21)17(16(22)14(12)20)24-11-6-8-23(9-7-11)10-4-2-1-3-5-10/h1-5,11H,6-9H2. The van der Waals surface area contributed by atoms with Crippen molar-refractivity contribution in [2.75, 3.05) is 18.0 Å². The number of hydrogen-bond donors (Lipinski definition) is 0. The van der Waals surface area contributed by atoms with Gasteiger partial charge in [0.15, 0.2) is 5.75 Å². The van der Waals surface area contributed by atoms with Crippen molar-refractivity contribution in [2.24, 2.45) is 0 Å². The van der Waals surface area contributed by atoms with Gasteiger partial charge in [-0.15, -0.1) is 0 Å². The van der Waals surface area contributed by atoms with E-state index in [9.17, 15) is 22.0 Å². The van der Waals surface area contributed by atoms with Crippen LogP contribution in [-0.4, -0.2) is 19.2 Å². The first-order valence-electron chi connectivity index (χ1n) is 7.47. The molecule has 0 aliphatic carbocycles. The summed E-state index contributed by atoms with van der Waals surface area (Å²) in [5.74, 6) is -11.2. The molecule has 0 bridgehead atoms. The van der Waals surface area contributed by atoms with Crippen LogP contribution >= 0.6 is 0 Å². The third-order valence-electron chi connectivity index (χ3n) is 4.02. The molecule has 1 saturated heterocycles. The average molecular weight is 343 g/mol. The van der Waals surface area contributed by atoms with Crippen LogP contribution in [0.2, 0.25) is 0 Å². The monoisotopic (exact) mass is 343 g/mol. The van der Waals surface area contributed by atoms with Crippen LogP contribution in [0.5, 0.6) is 5.75 Å². The summed E-state index contributed by atoms with van der Waals surface area (Å²) in [6, 6.07) is 9.55. The van der Waals surface area contributed by atoms with Crippen molar-refractivity contribution in [1.82, 2.24) is 0 Å². The molecule has 128 valence electrons. The lowest BCUT2D eigenvalue weighted by molar-refractivity contribution is 0.150. The zero-order valence-corrected chi connectivity index (χ0v) is 12.5. The van der Waals surface area contributed by atoms with Gasteiger partial charge in [-0.2, -0.15) is 8.78 Å². The Hall–Kier alpha value is -2.31. The van der Waals surface area contributed by atoms with E-state index in [1.54, 1.807) is 0 Å². The Bertz CT molecular complexity index is 701. The summed E-state index contributed by atoms with van der Waals surface area (Å²) in [7, 11) is 0. The van der Waals surface area contributed by atoms with E-state index in [0.29, 0.717) is 25.9 Å². The number of ether oxygens (including phenoxy) is 1. The van der Waals surface area contributed by atoms with Gasteiger partial charge in [0.1, 0.15) is 6.10 Å². The molecule has 2 nitrogen and oxygen atoms in total. The Morgan fingerprint density at radius 3 is 1.79 bits per heavy atom. The minimum Gasteiger partial charge on any atom is -0.484 e. The Balaban J connectivity index is 1.71. The molecule has 2 aromatic carbocycles. The number of benzene rings is 2. The zero-order chi connectivity index (χ0) is 17.3. The van der Waals surface area contributed by atoms with Crippen molar-refractivity contribution < 1.29 is 26.7 Å². The molecule has 0 aromatic heterocycles. The highest BCUT2D eigenvalue weighted by atomic mass is 19.2. The van der Waals surface area contributed by atoms with Crippen molar-refractivity contribution in [2.45, 2.75) is 18.9 Å². The topological polar surface area (TPSA) is 12.5 Å². The molecule has 0 amide bonds. The molecule has 0 unspecified atom stereocenters. The van der Waals surface area contributed by atoms with Gasteiger partial charge in [-0.25, -0.2) is 13.2 Å². The largest absolute Gasteiger partial charge is 0.484 e. The second-order valence-electron chi connectivity index (χ2n) is 5.54. The molecule has 0 atom stereocenters. The summed E-state index contributed by atoms with van der Waals surface area (Å²) in [5.41, 5.74) is 1.01. The Kier molecular flexibility index (Phi) is 4.59. The summed E-state index contributed by atoms with van der Waals surface area (Å²) in [6.07, 6.45) is 0.209. The van der Waals surface area contributed by atoms with Crippen molar-refractivity contribution in [1.29, 1.82) is 0 Å². The van der Waals surface area contributed by atoms with E-state index in [0.717, 1.165) is 5.69 Å². The molecule has 1 fully saturated rings. The highest BCUT2D eigenvalue weighted by Crippen LogP contribution is 2.31. The van der Waals surface area contributed by atoms with Crippen LogP contribution in [0, 0.1) is 29.1 Å². The van der Waals surface area contributed by atoms with E-state index < -0.39 is 40.9 Å². The first-order valence-corrected chi connectivity index (χ1v) is 7.47. The number of piperidine rings is 1. The fraction of sp³-hybridized carbons (Fsp3) is 0.294. The molecule has 0 spiro atoms. The smallest absolute Gasteiger partial charge is 0.207 e. The normalized spacial score (nSPS) is 15.6. The third kappa shape index (κ3) is 3.02. The summed E-state index contributed by atoms with van der Waals surface area (Å²) in [4.78, 5) is 2.07. The molecule has 0 N–H and O–H groups in total. The van der Waals surface area contributed by atoms with Gasteiger partial charge in [0.2, 0.25) is 29.1 Å². The molecule has 2 aromatic rings. The fourth-order valence-corrected chi connectivity index (χ4v) is 2.73. The first-order chi connectivity index (χ1) is 11.5. The summed E-state index contributed by atoms with van der Waals surface area (Å²) < 4.78 is 71.8. The summed E-state index contributed by atoms with van der Waals surface area (Å²) >= 11 is 0. The Morgan fingerprint density at radius 2 is 1.25 bits per heavy atom. The third-order valence-corrected chi connectivity index (χ3v) is 4.02. The second-order valence-corrected chi connectivity index (χ2v) is 5.54. The lowest BCUT2D eigenvalue weighted by atomic mass is 10.1. The van der Waals surface area contributed by atoms with Gasteiger partial charge in [-0.05, 0) is 12.1 Å². The number of hydrogen-bond acceptors (Lipinski definition) is 2. The molecule has 1 aliphatic rings. The molecular weight excluding hydrogens is 329 g/mol. The highest BCUT2D eigenvalue weighted by Gasteiger charge is 2.30. The highest BCUT2D eigenvalue weighted by molar-refractivity contribution is 5.46. The molecular formula is C17H14F5NO. The van der Waals surface area contributed by atoms with Crippen LogP contribution < -0.4 is 9.64 Å². The maximum atomic E-state index is 13.6.